The summed E-state index contributed by atoms with van der Waals surface area (Å²) in [4.78, 5) is 27.5. The molecule has 9 aliphatic rings. The molecule has 5 saturated heterocycles. The third-order valence-corrected chi connectivity index (χ3v) is 20.7. The fourth-order valence-electron chi connectivity index (χ4n) is 16.0. The number of rotatable bonds is 16. The topological polar surface area (TPSA) is 384 Å². The van der Waals surface area contributed by atoms with Crippen LogP contribution < -0.4 is 29.6 Å². The molecule has 9 N–H and O–H groups in total. The van der Waals surface area contributed by atoms with Crippen LogP contribution in [0.1, 0.15) is 107 Å². The molecule has 0 radical (unpaired) electrons. The molecule has 26 nitrogen and oxygen atoms in total. The zero-order chi connectivity index (χ0) is 60.2. The molecular formula is C55H85NaO26S. The van der Waals surface area contributed by atoms with Crippen molar-refractivity contribution in [2.75, 3.05) is 26.9 Å². The number of hydrogen-bond donors (Lipinski definition) is 9. The standard InChI is InChI=1S/C55H86O26S.Na/c1-24(2)12-11-17-53(9)55(66)34(74-26(4)57)20-52(8)28-13-14-32-50(5,6)33(16-18-51(32,7)27(28)15-19-54(52,55)49(65)80-53)76-48-44(36(60)31(23-72-48)81-82(67,68)69)79-46-38(62)37(61)41(25(3)73-46)77-45-39(63)42(29(58)22-71-45)78-47-40(64)43(70-10)35(59)30(21-56)75-47;/h11,13,17,24-25,27,29-48,56,58-64,66H,12,14-16,18-23H2,1-10H3,(H,67,68,69);/q;+1/p-1/b17-11+;/t25-,27?,29-,30-,31-,32?,33?,34+,35-,36+,37-,38-,39-,40-,41-,42+,43+,44-,45+,46-,47+,48+,51-,52+,53+,54?,55+;/m1./s1. The van der Waals surface area contributed by atoms with Gasteiger partial charge in [-0.05, 0) is 93.5 Å². The van der Waals surface area contributed by atoms with E-state index < -0.39 is 198 Å². The summed E-state index contributed by atoms with van der Waals surface area (Å²) < 4.78 is 106. The number of methoxy groups -OCH3 is 1. The van der Waals surface area contributed by atoms with E-state index in [0.29, 0.717) is 38.0 Å². The van der Waals surface area contributed by atoms with Crippen LogP contribution in [0.2, 0.25) is 0 Å². The Bertz CT molecular complexity index is 2510. The third-order valence-electron chi connectivity index (χ3n) is 20.2. The normalized spacial score (nSPS) is 49.7. The first-order valence-electron chi connectivity index (χ1n) is 28.5. The molecule has 0 aromatic heterocycles. The Morgan fingerprint density at radius 3 is 2.08 bits per heavy atom. The maximum Gasteiger partial charge on any atom is 1.00 e. The minimum Gasteiger partial charge on any atom is -0.726 e. The number of ether oxygens (including phenoxy) is 11. The molecule has 9 rings (SSSR count). The number of aliphatic hydroxyl groups excluding tert-OH is 8. The Morgan fingerprint density at radius 2 is 1.45 bits per heavy atom. The van der Waals surface area contributed by atoms with E-state index in [2.05, 4.69) is 31.0 Å². The van der Waals surface area contributed by atoms with E-state index >= 15 is 0 Å². The van der Waals surface area contributed by atoms with Gasteiger partial charge in [0.15, 0.2) is 36.4 Å². The Kier molecular flexibility index (Phi) is 20.1. The molecule has 4 unspecified atom stereocenters. The smallest absolute Gasteiger partial charge is 0.726 e. The molecule has 28 heteroatoms. The molecule has 83 heavy (non-hydrogen) atoms. The number of carbonyl (C=O) groups excluding carboxylic acids is 2. The maximum atomic E-state index is 14.7. The zero-order valence-electron chi connectivity index (χ0n) is 49.0. The molecule has 0 aromatic carbocycles. The molecule has 0 bridgehead atoms. The van der Waals surface area contributed by atoms with E-state index in [9.17, 15) is 68.5 Å². The van der Waals surface area contributed by atoms with Gasteiger partial charge in [0, 0.05) is 19.4 Å². The summed E-state index contributed by atoms with van der Waals surface area (Å²) in [7, 11) is -4.23. The van der Waals surface area contributed by atoms with Gasteiger partial charge in [0.05, 0.1) is 32.0 Å². The summed E-state index contributed by atoms with van der Waals surface area (Å²) in [6, 6.07) is 0. The number of aliphatic hydroxyl groups is 9. The van der Waals surface area contributed by atoms with Gasteiger partial charge in [0.2, 0.25) is 10.4 Å². The maximum absolute atomic E-state index is 14.7. The number of hydrogen-bond acceptors (Lipinski definition) is 26. The summed E-state index contributed by atoms with van der Waals surface area (Å²) in [5.41, 5.74) is -5.95. The van der Waals surface area contributed by atoms with Crippen LogP contribution in [0.4, 0.5) is 0 Å². The average Bonchev–Trinajstić information content (AvgIpc) is 1.73. The van der Waals surface area contributed by atoms with Crippen molar-refractivity contribution in [3.05, 3.63) is 23.8 Å². The quantitative estimate of drug-likeness (QED) is 0.0236. The van der Waals surface area contributed by atoms with Crippen LogP contribution in [-0.4, -0.2) is 232 Å². The minimum atomic E-state index is -5.43. The van der Waals surface area contributed by atoms with Gasteiger partial charge in [-0.15, -0.1) is 0 Å². The van der Waals surface area contributed by atoms with Gasteiger partial charge in [-0.25, -0.2) is 8.42 Å². The largest absolute Gasteiger partial charge is 1.00 e. The summed E-state index contributed by atoms with van der Waals surface area (Å²) in [5, 5.41) is 102. The van der Waals surface area contributed by atoms with Crippen molar-refractivity contribution in [1.82, 2.24) is 0 Å². The summed E-state index contributed by atoms with van der Waals surface area (Å²) in [6.45, 7) is 14.9. The second kappa shape index (κ2) is 24.7. The van der Waals surface area contributed by atoms with Crippen LogP contribution in [0.5, 0.6) is 0 Å². The number of allylic oxidation sites excluding steroid dienone is 3. The Balaban J connectivity index is 0.00000900. The number of carbonyl (C=O) groups is 2. The first-order chi connectivity index (χ1) is 38.2. The van der Waals surface area contributed by atoms with Crippen LogP contribution in [0, 0.1) is 39.4 Å². The molecule has 8 fully saturated rings. The van der Waals surface area contributed by atoms with Gasteiger partial charge >= 0.3 is 41.5 Å². The van der Waals surface area contributed by atoms with Gasteiger partial charge < -0.3 is 103 Å². The second-order valence-corrected chi connectivity index (χ2v) is 26.8. The van der Waals surface area contributed by atoms with Crippen molar-refractivity contribution in [3.8, 4) is 0 Å². The van der Waals surface area contributed by atoms with Crippen molar-refractivity contribution in [2.24, 2.45) is 39.4 Å². The molecule has 27 atom stereocenters. The molecule has 4 aliphatic carbocycles. The van der Waals surface area contributed by atoms with Crippen LogP contribution in [0.25, 0.3) is 0 Å². The predicted octanol–water partition coefficient (Wildman–Crippen LogP) is -3.75. The number of fused-ring (bicyclic) bond motifs is 4. The SMILES string of the molecule is CO[C@@H]1[C@@H](O)[C@H](O[C@@H]2[C@@H](O)[C@H](O[C@H]3[C@H](O)[C@@H](O)[C@@H](O[C@H]4[C@H](OC5CC[C@]6(C)C7CCC89C(=O)O[C@@](C)(/C=C/CC(C)C)[C@@]8(O)[C@@H](OC(C)=O)C[C@@]9(C)C7=CCC6C5(C)C)OC[C@@H](OS(=O)(=O)[O-])[C@@H]4O)O[C@@H]3C)OC[C@H]2O)O[C@H](CO)[C@H]1O.[Na+]. The molecule has 0 aromatic rings. The molecular weight excluding hydrogens is 1130 g/mol. The van der Waals surface area contributed by atoms with E-state index in [1.165, 1.54) is 21.0 Å². The summed E-state index contributed by atoms with van der Waals surface area (Å²) >= 11 is 0. The number of esters is 2. The average molecular weight is 1220 g/mol. The van der Waals surface area contributed by atoms with E-state index in [1.807, 2.05) is 26.8 Å². The van der Waals surface area contributed by atoms with Gasteiger partial charge in [0.1, 0.15) is 90.9 Å². The Hall–Kier alpha value is -1.43. The molecule has 5 heterocycles. The fraction of sp³-hybridized carbons (Fsp3) is 0.891. The fourth-order valence-corrected chi connectivity index (χ4v) is 16.5. The van der Waals surface area contributed by atoms with Crippen molar-refractivity contribution >= 4 is 22.3 Å². The van der Waals surface area contributed by atoms with Gasteiger partial charge in [-0.3, -0.25) is 13.8 Å². The van der Waals surface area contributed by atoms with Gasteiger partial charge in [-0.1, -0.05) is 59.3 Å². The van der Waals surface area contributed by atoms with E-state index in [-0.39, 0.29) is 54.2 Å². The van der Waals surface area contributed by atoms with Crippen molar-refractivity contribution in [3.63, 3.8) is 0 Å². The minimum absolute atomic E-state index is 0. The molecule has 3 saturated carbocycles. The van der Waals surface area contributed by atoms with Crippen LogP contribution in [-0.2, 0) is 76.3 Å². The Morgan fingerprint density at radius 1 is 0.807 bits per heavy atom. The first-order valence-corrected chi connectivity index (χ1v) is 29.8. The van der Waals surface area contributed by atoms with E-state index in [1.54, 1.807) is 13.0 Å². The molecule has 1 spiro atoms. The first kappa shape index (κ1) is 67.5. The van der Waals surface area contributed by atoms with Gasteiger partial charge in [0.25, 0.3) is 0 Å². The second-order valence-electron chi connectivity index (χ2n) is 25.8. The van der Waals surface area contributed by atoms with Crippen molar-refractivity contribution in [1.29, 1.82) is 0 Å². The molecule has 5 aliphatic heterocycles. The van der Waals surface area contributed by atoms with Crippen molar-refractivity contribution < 1.29 is 154 Å². The monoisotopic (exact) mass is 1220 g/mol. The van der Waals surface area contributed by atoms with Crippen LogP contribution in [0.15, 0.2) is 23.8 Å². The Labute approximate surface area is 505 Å². The van der Waals surface area contributed by atoms with E-state index in [0.717, 1.165) is 5.57 Å². The van der Waals surface area contributed by atoms with Crippen molar-refractivity contribution in [2.45, 2.75) is 241 Å². The summed E-state index contributed by atoms with van der Waals surface area (Å²) in [5.74, 6) is -1.02. The van der Waals surface area contributed by atoms with E-state index in [4.69, 9.17) is 52.1 Å². The molecule has 468 valence electrons. The van der Waals surface area contributed by atoms with Crippen LogP contribution in [0.3, 0.4) is 0 Å². The number of cyclic esters (lactones) is 1. The van der Waals surface area contributed by atoms with Gasteiger partial charge in [-0.2, -0.15) is 0 Å². The van der Waals surface area contributed by atoms with Crippen LogP contribution >= 0.6 is 0 Å². The predicted molar refractivity (Wildman–Crippen MR) is 275 cm³/mol. The molecule has 0 amide bonds. The summed E-state index contributed by atoms with van der Waals surface area (Å²) in [6.07, 6.45) is -22.3. The zero-order valence-corrected chi connectivity index (χ0v) is 51.8. The third kappa shape index (κ3) is 11.4.